The van der Waals surface area contributed by atoms with Gasteiger partial charge in [-0.3, -0.25) is 20.4 Å². The molecule has 3 heterocycles. The van der Waals surface area contributed by atoms with Crippen molar-refractivity contribution >= 4 is 17.5 Å². The van der Waals surface area contributed by atoms with Gasteiger partial charge in [-0.25, -0.2) is 4.52 Å². The molecule has 1 atom stereocenters. The third kappa shape index (κ3) is 4.76. The molecule has 3 N–H and O–H groups in total. The first-order valence-corrected chi connectivity index (χ1v) is 11.1. The number of hydrogen-bond donors (Lipinski definition) is 3. The fourth-order valence-corrected chi connectivity index (χ4v) is 3.80. The zero-order chi connectivity index (χ0) is 22.8. The summed E-state index contributed by atoms with van der Waals surface area (Å²) in [5.41, 5.74) is 3.15. The van der Waals surface area contributed by atoms with Crippen LogP contribution >= 0.6 is 0 Å². The molecule has 4 aromatic rings. The highest BCUT2D eigenvalue weighted by Gasteiger charge is 2.30. The molecule has 8 nitrogen and oxygen atoms in total. The maximum Gasteiger partial charge on any atom is 0.249 e. The smallest absolute Gasteiger partial charge is 0.249 e. The van der Waals surface area contributed by atoms with Gasteiger partial charge < -0.3 is 5.11 Å². The van der Waals surface area contributed by atoms with Crippen molar-refractivity contribution in [2.24, 2.45) is 5.92 Å². The van der Waals surface area contributed by atoms with Crippen LogP contribution in [-0.2, 0) is 16.9 Å². The van der Waals surface area contributed by atoms with Gasteiger partial charge in [0.1, 0.15) is 5.72 Å². The summed E-state index contributed by atoms with van der Waals surface area (Å²) >= 11 is 0. The molecular weight excluding hydrogens is 416 g/mol. The molecule has 0 saturated heterocycles. The predicted octanol–water partition coefficient (Wildman–Crippen LogP) is 3.14. The molecule has 0 bridgehead atoms. The monoisotopic (exact) mass is 442 g/mol. The first-order valence-electron chi connectivity index (χ1n) is 11.1. The Hall–Kier alpha value is -3.62. The highest BCUT2D eigenvalue weighted by molar-refractivity contribution is 5.92. The minimum absolute atomic E-state index is 0.0185. The minimum atomic E-state index is -1.17. The lowest BCUT2D eigenvalue weighted by atomic mass is 10.0. The van der Waals surface area contributed by atoms with Crippen LogP contribution in [-0.4, -0.2) is 37.1 Å². The van der Waals surface area contributed by atoms with Gasteiger partial charge >= 0.3 is 0 Å². The highest BCUT2D eigenvalue weighted by Crippen LogP contribution is 2.30. The second-order valence-electron chi connectivity index (χ2n) is 8.57. The maximum absolute atomic E-state index is 12.1. The van der Waals surface area contributed by atoms with Gasteiger partial charge in [0.2, 0.25) is 11.9 Å². The summed E-state index contributed by atoms with van der Waals surface area (Å²) < 4.78 is 1.72. The number of hydrogen-bond acceptors (Lipinski definition) is 6. The van der Waals surface area contributed by atoms with E-state index in [2.05, 4.69) is 25.7 Å². The topological polar surface area (TPSA) is 104 Å². The lowest BCUT2D eigenvalue weighted by Crippen LogP contribution is -2.40. The Morgan fingerprint density at radius 3 is 2.70 bits per heavy atom. The largest absolute Gasteiger partial charge is 0.372 e. The van der Waals surface area contributed by atoms with Crippen LogP contribution in [0.25, 0.3) is 16.9 Å². The summed E-state index contributed by atoms with van der Waals surface area (Å²) in [5.74, 6) is 0.390. The first-order chi connectivity index (χ1) is 16.0. The molecule has 1 fully saturated rings. The maximum atomic E-state index is 12.1. The van der Waals surface area contributed by atoms with Gasteiger partial charge in [-0.05, 0) is 55.5 Å². The van der Waals surface area contributed by atoms with E-state index in [0.717, 1.165) is 41.6 Å². The Labute approximate surface area is 191 Å². The lowest BCUT2D eigenvalue weighted by molar-refractivity contribution is -0.117. The zero-order valence-corrected chi connectivity index (χ0v) is 18.4. The number of pyridine rings is 2. The predicted molar refractivity (Wildman–Crippen MR) is 125 cm³/mol. The average Bonchev–Trinajstić information content (AvgIpc) is 3.59. The summed E-state index contributed by atoms with van der Waals surface area (Å²) in [5, 5.41) is 21.4. The summed E-state index contributed by atoms with van der Waals surface area (Å²) in [6.07, 6.45) is 6.21. The van der Waals surface area contributed by atoms with E-state index in [1.807, 2.05) is 60.8 Å². The minimum Gasteiger partial charge on any atom is -0.372 e. The van der Waals surface area contributed by atoms with Gasteiger partial charge in [-0.1, -0.05) is 36.4 Å². The number of carbonyl (C=O) groups is 1. The normalized spacial score (nSPS) is 15.3. The van der Waals surface area contributed by atoms with Crippen LogP contribution < -0.4 is 10.6 Å². The Bertz CT molecular complexity index is 1260. The molecule has 0 radical (unpaired) electrons. The Morgan fingerprint density at radius 1 is 1.15 bits per heavy atom. The van der Waals surface area contributed by atoms with Crippen molar-refractivity contribution < 1.29 is 9.90 Å². The molecule has 168 valence electrons. The molecule has 1 aromatic carbocycles. The molecule has 3 aromatic heterocycles. The number of nitrogens with zero attached hydrogens (tertiary/aromatic N) is 4. The van der Waals surface area contributed by atoms with Crippen molar-refractivity contribution in [3.05, 3.63) is 78.1 Å². The number of amides is 1. The van der Waals surface area contributed by atoms with E-state index in [-0.39, 0.29) is 11.8 Å². The number of aromatic nitrogens is 4. The van der Waals surface area contributed by atoms with E-state index in [9.17, 15) is 9.90 Å². The van der Waals surface area contributed by atoms with E-state index in [4.69, 9.17) is 0 Å². The fraction of sp³-hybridized carbons (Fsp3) is 0.280. The van der Waals surface area contributed by atoms with Gasteiger partial charge in [-0.15, -0.1) is 5.10 Å². The van der Waals surface area contributed by atoms with Crippen molar-refractivity contribution in [1.82, 2.24) is 24.9 Å². The summed E-state index contributed by atoms with van der Waals surface area (Å²) in [4.78, 5) is 20.6. The van der Waals surface area contributed by atoms with Crippen molar-refractivity contribution in [2.45, 2.75) is 31.9 Å². The highest BCUT2D eigenvalue weighted by atomic mass is 16.3. The Kier molecular flexibility index (Phi) is 5.62. The quantitative estimate of drug-likeness (QED) is 0.362. The summed E-state index contributed by atoms with van der Waals surface area (Å²) in [6, 6.07) is 17.3. The molecule has 33 heavy (non-hydrogen) atoms. The van der Waals surface area contributed by atoms with Crippen LogP contribution in [0.1, 0.15) is 30.9 Å². The lowest BCUT2D eigenvalue weighted by Gasteiger charge is -2.25. The van der Waals surface area contributed by atoms with E-state index in [1.165, 1.54) is 0 Å². The SMILES string of the molecule is CC(O)(NCCc1cccnc1)c1ccc(-c2cccc3nc(NC(=O)C4CC4)nn23)cc1. The van der Waals surface area contributed by atoms with Crippen LogP contribution in [0, 0.1) is 5.92 Å². The summed E-state index contributed by atoms with van der Waals surface area (Å²) in [6.45, 7) is 2.37. The molecule has 1 aliphatic rings. The Morgan fingerprint density at radius 2 is 1.97 bits per heavy atom. The third-order valence-corrected chi connectivity index (χ3v) is 5.89. The second-order valence-corrected chi connectivity index (χ2v) is 8.57. The van der Waals surface area contributed by atoms with Crippen molar-refractivity contribution in [1.29, 1.82) is 0 Å². The number of carbonyl (C=O) groups excluding carboxylic acids is 1. The van der Waals surface area contributed by atoms with Crippen LogP contribution in [0.5, 0.6) is 0 Å². The molecule has 1 aliphatic carbocycles. The van der Waals surface area contributed by atoms with Gasteiger partial charge in [0.25, 0.3) is 0 Å². The number of fused-ring (bicyclic) bond motifs is 1. The molecule has 1 amide bonds. The summed E-state index contributed by atoms with van der Waals surface area (Å²) in [7, 11) is 0. The molecule has 5 rings (SSSR count). The molecule has 1 saturated carbocycles. The van der Waals surface area contributed by atoms with Crippen LogP contribution in [0.4, 0.5) is 5.95 Å². The molecule has 1 unspecified atom stereocenters. The third-order valence-electron chi connectivity index (χ3n) is 5.89. The van der Waals surface area contributed by atoms with Crippen molar-refractivity contribution in [3.63, 3.8) is 0 Å². The van der Waals surface area contributed by atoms with Gasteiger partial charge in [0.15, 0.2) is 5.65 Å². The van der Waals surface area contributed by atoms with Crippen LogP contribution in [0.3, 0.4) is 0 Å². The standard InChI is InChI=1S/C25H26N6O2/c1-25(33,27-15-13-17-4-3-14-26-16-17)20-11-9-18(10-12-20)21-5-2-6-22-28-24(30-31(21)22)29-23(32)19-7-8-19/h2-6,9-12,14,16,19,27,33H,7-8,13,15H2,1H3,(H,29,30,32). The average molecular weight is 443 g/mol. The zero-order valence-electron chi connectivity index (χ0n) is 18.4. The van der Waals surface area contributed by atoms with Gasteiger partial charge in [0, 0.05) is 30.4 Å². The molecular formula is C25H26N6O2. The van der Waals surface area contributed by atoms with Crippen LogP contribution in [0.2, 0.25) is 0 Å². The van der Waals surface area contributed by atoms with E-state index >= 15 is 0 Å². The number of nitrogens with one attached hydrogen (secondary N) is 2. The van der Waals surface area contributed by atoms with E-state index in [1.54, 1.807) is 17.6 Å². The Balaban J connectivity index is 1.31. The van der Waals surface area contributed by atoms with Gasteiger partial charge in [0.05, 0.1) is 5.69 Å². The number of rotatable bonds is 8. The number of anilines is 1. The fourth-order valence-electron chi connectivity index (χ4n) is 3.80. The number of benzene rings is 1. The second kappa shape index (κ2) is 8.73. The number of aliphatic hydroxyl groups is 1. The van der Waals surface area contributed by atoms with Crippen LogP contribution in [0.15, 0.2) is 67.0 Å². The van der Waals surface area contributed by atoms with Gasteiger partial charge in [-0.2, -0.15) is 4.98 Å². The molecule has 0 aliphatic heterocycles. The van der Waals surface area contributed by atoms with E-state index in [0.29, 0.717) is 18.1 Å². The van der Waals surface area contributed by atoms with Crippen molar-refractivity contribution in [3.8, 4) is 11.3 Å². The first kappa shape index (κ1) is 21.2. The molecule has 8 heteroatoms. The molecule has 0 spiro atoms. The van der Waals surface area contributed by atoms with E-state index < -0.39 is 5.72 Å². The van der Waals surface area contributed by atoms with Crippen molar-refractivity contribution in [2.75, 3.05) is 11.9 Å².